The van der Waals surface area contributed by atoms with E-state index in [1.165, 1.54) is 76.3 Å². The summed E-state index contributed by atoms with van der Waals surface area (Å²) in [6, 6.07) is 4.14. The van der Waals surface area contributed by atoms with Gasteiger partial charge in [-0.1, -0.05) is 50.8 Å². The lowest BCUT2D eigenvalue weighted by atomic mass is 9.68. The maximum absolute atomic E-state index is 13.3. The van der Waals surface area contributed by atoms with Crippen molar-refractivity contribution in [1.29, 1.82) is 0 Å². The van der Waals surface area contributed by atoms with Crippen LogP contribution in [-0.4, -0.2) is 0 Å². The number of hydrogen-bond acceptors (Lipinski definition) is 0. The molecule has 2 aliphatic carbocycles. The molecular weight excluding hydrogens is 314 g/mol. The molecule has 25 heavy (non-hydrogen) atoms. The second-order valence-corrected chi connectivity index (χ2v) is 8.28. The summed E-state index contributed by atoms with van der Waals surface area (Å²) >= 11 is 0. The van der Waals surface area contributed by atoms with Crippen molar-refractivity contribution in [2.45, 2.75) is 71.1 Å². The first-order valence-electron chi connectivity index (χ1n) is 10.3. The van der Waals surface area contributed by atoms with Gasteiger partial charge in [-0.05, 0) is 79.9 Å². The van der Waals surface area contributed by atoms with Gasteiger partial charge in [0, 0.05) is 0 Å². The van der Waals surface area contributed by atoms with Crippen LogP contribution in [0.25, 0.3) is 6.08 Å². The summed E-state index contributed by atoms with van der Waals surface area (Å²) < 4.78 is 26.3. The van der Waals surface area contributed by atoms with Crippen molar-refractivity contribution in [2.24, 2.45) is 23.7 Å². The lowest BCUT2D eigenvalue weighted by Crippen LogP contribution is -2.25. The van der Waals surface area contributed by atoms with Crippen LogP contribution in [0.5, 0.6) is 0 Å². The van der Waals surface area contributed by atoms with E-state index in [1.54, 1.807) is 6.07 Å². The third kappa shape index (κ3) is 5.15. The zero-order chi connectivity index (χ0) is 17.6. The fraction of sp³-hybridized carbons (Fsp3) is 0.652. The highest BCUT2D eigenvalue weighted by molar-refractivity contribution is 5.49. The van der Waals surface area contributed by atoms with Gasteiger partial charge in [-0.15, -0.1) is 0 Å². The minimum absolute atomic E-state index is 0.598. The first-order valence-corrected chi connectivity index (χ1v) is 10.3. The quantitative estimate of drug-likeness (QED) is 0.521. The maximum Gasteiger partial charge on any atom is 0.159 e. The number of rotatable bonds is 5. The minimum Gasteiger partial charge on any atom is -0.204 e. The van der Waals surface area contributed by atoms with E-state index in [9.17, 15) is 8.78 Å². The zero-order valence-electron chi connectivity index (χ0n) is 15.5. The molecule has 0 aromatic heterocycles. The van der Waals surface area contributed by atoms with Crippen molar-refractivity contribution in [3.8, 4) is 0 Å². The van der Waals surface area contributed by atoms with Gasteiger partial charge in [0.25, 0.3) is 0 Å². The van der Waals surface area contributed by atoms with E-state index < -0.39 is 11.6 Å². The molecule has 0 amide bonds. The maximum atomic E-state index is 13.3. The predicted octanol–water partition coefficient (Wildman–Crippen LogP) is 7.39. The van der Waals surface area contributed by atoms with Crippen molar-refractivity contribution in [1.82, 2.24) is 0 Å². The number of allylic oxidation sites excluding steroid dienone is 1. The number of halogens is 2. The summed E-state index contributed by atoms with van der Waals surface area (Å²) in [5, 5.41) is 0. The normalized spacial score (nSPS) is 30.7. The highest BCUT2D eigenvalue weighted by Gasteiger charge is 2.29. The molecule has 0 atom stereocenters. The second-order valence-electron chi connectivity index (χ2n) is 8.28. The molecule has 2 aliphatic rings. The van der Waals surface area contributed by atoms with Gasteiger partial charge in [0.15, 0.2) is 11.6 Å². The van der Waals surface area contributed by atoms with Gasteiger partial charge in [0.05, 0.1) is 0 Å². The fourth-order valence-electron chi connectivity index (χ4n) is 5.03. The third-order valence-electron chi connectivity index (χ3n) is 6.58. The van der Waals surface area contributed by atoms with Crippen LogP contribution in [-0.2, 0) is 0 Å². The summed E-state index contributed by atoms with van der Waals surface area (Å²) in [5.74, 6) is 1.95. The van der Waals surface area contributed by atoms with E-state index in [0.717, 1.165) is 23.3 Å². The Hall–Kier alpha value is -1.18. The molecule has 0 unspecified atom stereocenters. The molecule has 138 valence electrons. The van der Waals surface area contributed by atoms with Crippen LogP contribution < -0.4 is 0 Å². The van der Waals surface area contributed by atoms with E-state index >= 15 is 0 Å². The summed E-state index contributed by atoms with van der Waals surface area (Å²) in [7, 11) is 0. The molecular formula is C23H32F2. The average molecular weight is 347 g/mol. The van der Waals surface area contributed by atoms with E-state index in [0.29, 0.717) is 5.92 Å². The van der Waals surface area contributed by atoms with Gasteiger partial charge in [0.1, 0.15) is 0 Å². The molecule has 2 heteroatoms. The lowest BCUT2D eigenvalue weighted by Gasteiger charge is -2.37. The van der Waals surface area contributed by atoms with E-state index in [-0.39, 0.29) is 0 Å². The zero-order valence-corrected chi connectivity index (χ0v) is 15.5. The Morgan fingerprint density at radius 2 is 1.52 bits per heavy atom. The van der Waals surface area contributed by atoms with Gasteiger partial charge >= 0.3 is 0 Å². The second kappa shape index (κ2) is 8.96. The Labute approximate surface area is 151 Å². The smallest absolute Gasteiger partial charge is 0.159 e. The van der Waals surface area contributed by atoms with E-state index in [2.05, 4.69) is 13.0 Å². The molecule has 0 nitrogen and oxygen atoms in total. The van der Waals surface area contributed by atoms with E-state index in [1.807, 2.05) is 6.08 Å². The van der Waals surface area contributed by atoms with Gasteiger partial charge in [-0.25, -0.2) is 8.78 Å². The highest BCUT2D eigenvalue weighted by atomic mass is 19.2. The Bertz CT molecular complexity index is 561. The molecule has 1 aromatic carbocycles. The predicted molar refractivity (Wildman–Crippen MR) is 101 cm³/mol. The average Bonchev–Trinajstić information content (AvgIpc) is 2.64. The Balaban J connectivity index is 1.44. The molecule has 0 aliphatic heterocycles. The van der Waals surface area contributed by atoms with Gasteiger partial charge in [-0.2, -0.15) is 0 Å². The van der Waals surface area contributed by atoms with Crippen LogP contribution in [0.15, 0.2) is 24.3 Å². The molecule has 2 fully saturated rings. The molecule has 3 rings (SSSR count). The van der Waals surface area contributed by atoms with E-state index in [4.69, 9.17) is 0 Å². The van der Waals surface area contributed by atoms with Crippen molar-refractivity contribution in [2.75, 3.05) is 0 Å². The summed E-state index contributed by atoms with van der Waals surface area (Å²) in [6.07, 6.45) is 17.9. The van der Waals surface area contributed by atoms with Crippen molar-refractivity contribution >= 4 is 6.08 Å². The molecule has 2 saturated carbocycles. The van der Waals surface area contributed by atoms with Gasteiger partial charge < -0.3 is 0 Å². The van der Waals surface area contributed by atoms with Crippen LogP contribution in [0.3, 0.4) is 0 Å². The fourth-order valence-corrected chi connectivity index (χ4v) is 5.03. The van der Waals surface area contributed by atoms with Crippen LogP contribution >= 0.6 is 0 Å². The first-order chi connectivity index (χ1) is 12.2. The largest absolute Gasteiger partial charge is 0.204 e. The topological polar surface area (TPSA) is 0 Å². The number of hydrogen-bond donors (Lipinski definition) is 0. The van der Waals surface area contributed by atoms with Crippen LogP contribution in [0.4, 0.5) is 8.78 Å². The molecule has 0 saturated heterocycles. The Morgan fingerprint density at radius 1 is 0.880 bits per heavy atom. The SMILES string of the molecule is CCC[C@H]1CC[C@H]([C@H]2CC[C@H](C=Cc3ccc(F)c(F)c3)CC2)CC1. The molecule has 0 spiro atoms. The number of benzene rings is 1. The van der Waals surface area contributed by atoms with Crippen molar-refractivity contribution in [3.05, 3.63) is 41.5 Å². The summed E-state index contributed by atoms with van der Waals surface area (Å²) in [4.78, 5) is 0. The lowest BCUT2D eigenvalue weighted by molar-refractivity contribution is 0.152. The first kappa shape index (κ1) is 18.6. The monoisotopic (exact) mass is 346 g/mol. The van der Waals surface area contributed by atoms with Crippen LogP contribution in [0.1, 0.15) is 76.7 Å². The molecule has 0 radical (unpaired) electrons. The van der Waals surface area contributed by atoms with Crippen molar-refractivity contribution in [3.63, 3.8) is 0 Å². The molecule has 0 heterocycles. The third-order valence-corrected chi connectivity index (χ3v) is 6.58. The standard InChI is InChI=1S/C23H32F2/c1-2-3-17-6-11-20(12-7-17)21-13-8-18(9-14-21)4-5-19-10-15-22(24)23(25)16-19/h4-5,10,15-18,20-21H,2-3,6-9,11-14H2,1H3/t17-,18-,20-,21-. The van der Waals surface area contributed by atoms with Crippen LogP contribution in [0, 0.1) is 35.3 Å². The van der Waals surface area contributed by atoms with Gasteiger partial charge in [-0.3, -0.25) is 0 Å². The Kier molecular flexibility index (Phi) is 6.67. The molecule has 0 N–H and O–H groups in total. The van der Waals surface area contributed by atoms with Crippen molar-refractivity contribution < 1.29 is 8.78 Å². The minimum atomic E-state index is -0.772. The van der Waals surface area contributed by atoms with Crippen LogP contribution in [0.2, 0.25) is 0 Å². The Morgan fingerprint density at radius 3 is 2.12 bits per heavy atom. The highest BCUT2D eigenvalue weighted by Crippen LogP contribution is 2.42. The van der Waals surface area contributed by atoms with Gasteiger partial charge in [0.2, 0.25) is 0 Å². The summed E-state index contributed by atoms with van der Waals surface area (Å²) in [6.45, 7) is 2.31. The summed E-state index contributed by atoms with van der Waals surface area (Å²) in [5.41, 5.74) is 0.760. The molecule has 1 aromatic rings. The molecule has 0 bridgehead atoms.